The van der Waals surface area contributed by atoms with E-state index in [1.165, 1.54) is 12.1 Å². The monoisotopic (exact) mass is 291 g/mol. The van der Waals surface area contributed by atoms with Crippen LogP contribution >= 0.6 is 0 Å². The highest BCUT2D eigenvalue weighted by Gasteiger charge is 2.26. The predicted molar refractivity (Wildman–Crippen MR) is 77.0 cm³/mol. The van der Waals surface area contributed by atoms with Crippen LogP contribution in [0.25, 0.3) is 0 Å². The quantitative estimate of drug-likeness (QED) is 0.922. The number of hydrazone groups is 1. The molecule has 6 heteroatoms. The highest BCUT2D eigenvalue weighted by atomic mass is 19.1. The van der Waals surface area contributed by atoms with Gasteiger partial charge in [-0.15, -0.1) is 0 Å². The van der Waals surface area contributed by atoms with Gasteiger partial charge in [0.15, 0.2) is 0 Å². The smallest absolute Gasteiger partial charge is 0.270 e. The second kappa shape index (κ2) is 6.47. The summed E-state index contributed by atoms with van der Waals surface area (Å²) < 4.78 is 13.0. The summed E-state index contributed by atoms with van der Waals surface area (Å²) in [6.07, 6.45) is 0.615. The molecule has 1 unspecified atom stereocenters. The summed E-state index contributed by atoms with van der Waals surface area (Å²) in [6, 6.07) is 5.90. The first-order valence-electron chi connectivity index (χ1n) is 6.94. The van der Waals surface area contributed by atoms with Gasteiger partial charge in [0, 0.05) is 19.4 Å². The molecular formula is C15H18FN3O2. The van der Waals surface area contributed by atoms with Crippen LogP contribution in [0.3, 0.4) is 0 Å². The average molecular weight is 291 g/mol. The number of hydrogen-bond donors (Lipinski definition) is 1. The van der Waals surface area contributed by atoms with E-state index >= 15 is 0 Å². The van der Waals surface area contributed by atoms with Gasteiger partial charge in [-0.2, -0.15) is 5.10 Å². The Morgan fingerprint density at radius 2 is 2.05 bits per heavy atom. The van der Waals surface area contributed by atoms with Gasteiger partial charge in [-0.05, 0) is 31.5 Å². The molecule has 1 aliphatic heterocycles. The van der Waals surface area contributed by atoms with Gasteiger partial charge in [-0.25, -0.2) is 9.82 Å². The number of nitrogens with zero attached hydrogens (tertiary/aromatic N) is 2. The minimum absolute atomic E-state index is 0.179. The van der Waals surface area contributed by atoms with Crippen LogP contribution < -0.4 is 5.43 Å². The Bertz CT molecular complexity index is 569. The molecule has 1 aromatic rings. The van der Waals surface area contributed by atoms with Crippen LogP contribution in [0.2, 0.25) is 0 Å². The minimum Gasteiger partial charge on any atom is -0.331 e. The van der Waals surface area contributed by atoms with Crippen molar-refractivity contribution in [3.63, 3.8) is 0 Å². The van der Waals surface area contributed by atoms with E-state index in [-0.39, 0.29) is 30.1 Å². The average Bonchev–Trinajstić information content (AvgIpc) is 2.49. The first kappa shape index (κ1) is 15.2. The minimum atomic E-state index is -0.306. The summed E-state index contributed by atoms with van der Waals surface area (Å²) in [5.74, 6) is -0.685. The van der Waals surface area contributed by atoms with Crippen molar-refractivity contribution in [1.29, 1.82) is 0 Å². The van der Waals surface area contributed by atoms with Crippen molar-refractivity contribution in [2.24, 2.45) is 5.10 Å². The number of halogens is 1. The van der Waals surface area contributed by atoms with Gasteiger partial charge in [-0.1, -0.05) is 12.1 Å². The van der Waals surface area contributed by atoms with Crippen molar-refractivity contribution < 1.29 is 14.0 Å². The molecule has 5 nitrogen and oxygen atoms in total. The van der Waals surface area contributed by atoms with Crippen LogP contribution in [-0.4, -0.2) is 29.0 Å². The van der Waals surface area contributed by atoms with Gasteiger partial charge < -0.3 is 4.90 Å². The Morgan fingerprint density at radius 3 is 2.57 bits per heavy atom. The highest BCUT2D eigenvalue weighted by molar-refractivity contribution is 6.39. The first-order chi connectivity index (χ1) is 10.0. The van der Waals surface area contributed by atoms with E-state index in [9.17, 15) is 14.0 Å². The molecule has 1 N–H and O–H groups in total. The number of amides is 2. The van der Waals surface area contributed by atoms with Crippen molar-refractivity contribution in [3.8, 4) is 0 Å². The van der Waals surface area contributed by atoms with E-state index in [1.54, 1.807) is 17.0 Å². The third-order valence-electron chi connectivity index (χ3n) is 3.57. The summed E-state index contributed by atoms with van der Waals surface area (Å²) in [4.78, 5) is 25.2. The Morgan fingerprint density at radius 1 is 1.38 bits per heavy atom. The summed E-state index contributed by atoms with van der Waals surface area (Å²) in [5.41, 5.74) is 3.54. The zero-order valence-electron chi connectivity index (χ0n) is 12.1. The number of benzene rings is 1. The topological polar surface area (TPSA) is 61.8 Å². The lowest BCUT2D eigenvalue weighted by atomic mass is 10.0. The van der Waals surface area contributed by atoms with E-state index in [1.807, 2.05) is 13.8 Å². The summed E-state index contributed by atoms with van der Waals surface area (Å²) in [6.45, 7) is 4.26. The third kappa shape index (κ3) is 3.45. The molecule has 0 fully saturated rings. The largest absolute Gasteiger partial charge is 0.331 e. The molecule has 0 aromatic heterocycles. The normalized spacial score (nSPS) is 16.0. The lowest BCUT2D eigenvalue weighted by Crippen LogP contribution is -2.41. The lowest BCUT2D eigenvalue weighted by molar-refractivity contribution is -0.126. The second-order valence-corrected chi connectivity index (χ2v) is 4.91. The van der Waals surface area contributed by atoms with Crippen LogP contribution in [0.1, 0.15) is 38.3 Å². The lowest BCUT2D eigenvalue weighted by Gasteiger charge is -2.29. The van der Waals surface area contributed by atoms with E-state index in [4.69, 9.17) is 0 Å². The van der Waals surface area contributed by atoms with Crippen LogP contribution in [-0.2, 0) is 9.59 Å². The molecule has 0 radical (unpaired) electrons. The van der Waals surface area contributed by atoms with Crippen LogP contribution in [0.4, 0.5) is 4.39 Å². The molecule has 112 valence electrons. The Kier molecular flexibility index (Phi) is 4.67. The fourth-order valence-electron chi connectivity index (χ4n) is 2.31. The standard InChI is InChI=1S/C15H18FN3O2/c1-3-19(10(2)11-4-6-12(16)7-5-11)15(21)13-8-9-14(20)18-17-13/h4-7,10H,3,8-9H2,1-2H3,(H,18,20). The zero-order valence-corrected chi connectivity index (χ0v) is 12.1. The molecule has 1 aromatic carbocycles. The van der Waals surface area contributed by atoms with Crippen molar-refractivity contribution >= 4 is 17.5 Å². The van der Waals surface area contributed by atoms with E-state index < -0.39 is 0 Å². The number of carbonyl (C=O) groups is 2. The van der Waals surface area contributed by atoms with Crippen LogP contribution in [0.5, 0.6) is 0 Å². The van der Waals surface area contributed by atoms with Crippen LogP contribution in [0, 0.1) is 5.82 Å². The molecule has 1 heterocycles. The van der Waals surface area contributed by atoms with E-state index in [0.717, 1.165) is 5.56 Å². The Hall–Kier alpha value is -2.24. The van der Waals surface area contributed by atoms with Crippen molar-refractivity contribution in [1.82, 2.24) is 10.3 Å². The van der Waals surface area contributed by atoms with Gasteiger partial charge in [-0.3, -0.25) is 9.59 Å². The zero-order chi connectivity index (χ0) is 15.4. The molecule has 0 bridgehead atoms. The van der Waals surface area contributed by atoms with Crippen molar-refractivity contribution in [2.75, 3.05) is 6.54 Å². The second-order valence-electron chi connectivity index (χ2n) is 4.91. The number of rotatable bonds is 4. The highest BCUT2D eigenvalue weighted by Crippen LogP contribution is 2.21. The third-order valence-corrected chi connectivity index (χ3v) is 3.57. The number of carbonyl (C=O) groups excluding carboxylic acids is 2. The van der Waals surface area contributed by atoms with Gasteiger partial charge in [0.1, 0.15) is 11.5 Å². The summed E-state index contributed by atoms with van der Waals surface area (Å²) >= 11 is 0. The maximum absolute atomic E-state index is 13.0. The fourth-order valence-corrected chi connectivity index (χ4v) is 2.31. The molecule has 0 saturated carbocycles. The van der Waals surface area contributed by atoms with Gasteiger partial charge in [0.2, 0.25) is 5.91 Å². The number of hydrogen-bond acceptors (Lipinski definition) is 3. The summed E-state index contributed by atoms with van der Waals surface area (Å²) in [5, 5.41) is 3.84. The molecule has 2 amide bonds. The van der Waals surface area contributed by atoms with E-state index in [2.05, 4.69) is 10.5 Å². The molecule has 21 heavy (non-hydrogen) atoms. The SMILES string of the molecule is CCN(C(=O)C1=NNC(=O)CC1)C(C)c1ccc(F)cc1. The molecule has 0 aliphatic carbocycles. The van der Waals surface area contributed by atoms with Gasteiger partial charge in [0.25, 0.3) is 5.91 Å². The molecule has 1 aliphatic rings. The molecule has 0 saturated heterocycles. The Balaban J connectivity index is 2.16. The van der Waals surface area contributed by atoms with Crippen molar-refractivity contribution in [3.05, 3.63) is 35.6 Å². The van der Waals surface area contributed by atoms with Gasteiger partial charge >= 0.3 is 0 Å². The summed E-state index contributed by atoms with van der Waals surface area (Å²) in [7, 11) is 0. The van der Waals surface area contributed by atoms with Gasteiger partial charge in [0.05, 0.1) is 6.04 Å². The van der Waals surface area contributed by atoms with E-state index in [0.29, 0.717) is 18.7 Å². The van der Waals surface area contributed by atoms with Crippen LogP contribution in [0.15, 0.2) is 29.4 Å². The maximum Gasteiger partial charge on any atom is 0.270 e. The number of nitrogens with one attached hydrogen (secondary N) is 1. The Labute approximate surface area is 122 Å². The molecular weight excluding hydrogens is 273 g/mol. The molecule has 2 rings (SSSR count). The van der Waals surface area contributed by atoms with Crippen molar-refractivity contribution in [2.45, 2.75) is 32.7 Å². The molecule has 1 atom stereocenters. The molecule has 0 spiro atoms. The first-order valence-corrected chi connectivity index (χ1v) is 6.94. The maximum atomic E-state index is 13.0. The fraction of sp³-hybridized carbons (Fsp3) is 0.400. The predicted octanol–water partition coefficient (Wildman–Crippen LogP) is 2.00.